The molecule has 1 aromatic heterocycles. The van der Waals surface area contributed by atoms with Gasteiger partial charge in [-0.25, -0.2) is 14.8 Å². The van der Waals surface area contributed by atoms with Crippen LogP contribution in [-0.2, 0) is 27.9 Å². The van der Waals surface area contributed by atoms with Crippen LogP contribution in [-0.4, -0.2) is 27.1 Å². The number of alkyl halides is 3. The van der Waals surface area contributed by atoms with Gasteiger partial charge >= 0.3 is 18.2 Å². The zero-order valence-corrected chi connectivity index (χ0v) is 19.7. The summed E-state index contributed by atoms with van der Waals surface area (Å²) in [5.41, 5.74) is -0.963. The number of carbonyl (C=O) groups is 1. The molecule has 0 aliphatic rings. The molecule has 37 heavy (non-hydrogen) atoms. The standard InChI is InChI=1S/C28H23F3N2O4/c1-19-16-17-32-26(33-19)37-24(25(34)35)27(21-10-6-3-7-11-21,36-18-20-8-4-2-5-9-20)22-12-14-23(15-13-22)28(29,30)31/h2-17,24H,18H2,1H3,(H,34,35)/t24-,27-/m1/s1. The molecule has 4 rings (SSSR count). The molecule has 0 bridgehead atoms. The van der Waals surface area contributed by atoms with E-state index in [1.54, 1.807) is 67.6 Å². The summed E-state index contributed by atoms with van der Waals surface area (Å²) in [6.07, 6.45) is -4.92. The molecule has 0 fully saturated rings. The van der Waals surface area contributed by atoms with E-state index < -0.39 is 29.4 Å². The molecule has 4 aromatic rings. The van der Waals surface area contributed by atoms with E-state index in [1.807, 2.05) is 6.07 Å². The summed E-state index contributed by atoms with van der Waals surface area (Å²) >= 11 is 0. The van der Waals surface area contributed by atoms with Crippen molar-refractivity contribution >= 4 is 5.97 Å². The first-order chi connectivity index (χ1) is 17.7. The van der Waals surface area contributed by atoms with Crippen LogP contribution in [0.4, 0.5) is 13.2 Å². The lowest BCUT2D eigenvalue weighted by atomic mass is 9.80. The first-order valence-electron chi connectivity index (χ1n) is 11.3. The fraction of sp³-hybridized carbons (Fsp3) is 0.179. The minimum atomic E-state index is -4.57. The number of aryl methyl sites for hydroxylation is 1. The Morgan fingerprint density at radius 3 is 2.00 bits per heavy atom. The van der Waals surface area contributed by atoms with Crippen molar-refractivity contribution in [3.8, 4) is 6.01 Å². The second kappa shape index (κ2) is 10.8. The van der Waals surface area contributed by atoms with E-state index in [0.29, 0.717) is 11.3 Å². The van der Waals surface area contributed by atoms with E-state index >= 15 is 0 Å². The van der Waals surface area contributed by atoms with Crippen LogP contribution in [0.5, 0.6) is 6.01 Å². The van der Waals surface area contributed by atoms with Crippen molar-refractivity contribution in [1.29, 1.82) is 0 Å². The molecule has 0 saturated carbocycles. The summed E-state index contributed by atoms with van der Waals surface area (Å²) in [7, 11) is 0. The van der Waals surface area contributed by atoms with Gasteiger partial charge in [-0.3, -0.25) is 0 Å². The number of rotatable bonds is 9. The first kappa shape index (κ1) is 25.8. The summed E-state index contributed by atoms with van der Waals surface area (Å²) in [6.45, 7) is 1.63. The van der Waals surface area contributed by atoms with Crippen LogP contribution in [0.25, 0.3) is 0 Å². The van der Waals surface area contributed by atoms with E-state index in [4.69, 9.17) is 9.47 Å². The van der Waals surface area contributed by atoms with Crippen LogP contribution in [0.3, 0.4) is 0 Å². The highest BCUT2D eigenvalue weighted by atomic mass is 19.4. The molecule has 0 unspecified atom stereocenters. The average molecular weight is 508 g/mol. The van der Waals surface area contributed by atoms with Crippen molar-refractivity contribution < 1.29 is 32.5 Å². The summed E-state index contributed by atoms with van der Waals surface area (Å²) < 4.78 is 52.3. The maximum Gasteiger partial charge on any atom is 0.416 e. The van der Waals surface area contributed by atoms with Gasteiger partial charge in [0.25, 0.3) is 0 Å². The van der Waals surface area contributed by atoms with E-state index in [-0.39, 0.29) is 18.2 Å². The maximum atomic E-state index is 13.4. The smallest absolute Gasteiger partial charge is 0.416 e. The molecule has 9 heteroatoms. The number of benzene rings is 3. The van der Waals surface area contributed by atoms with Crippen molar-refractivity contribution in [3.63, 3.8) is 0 Å². The van der Waals surface area contributed by atoms with E-state index in [0.717, 1.165) is 17.7 Å². The lowest BCUT2D eigenvalue weighted by Gasteiger charge is -2.39. The molecule has 0 spiro atoms. The van der Waals surface area contributed by atoms with Crippen molar-refractivity contribution in [2.45, 2.75) is 31.4 Å². The fourth-order valence-electron chi connectivity index (χ4n) is 3.97. The molecule has 1 heterocycles. The van der Waals surface area contributed by atoms with E-state index in [2.05, 4.69) is 9.97 Å². The molecule has 1 N–H and O–H groups in total. The van der Waals surface area contributed by atoms with Gasteiger partial charge < -0.3 is 14.6 Å². The third kappa shape index (κ3) is 5.78. The zero-order chi connectivity index (χ0) is 26.5. The predicted molar refractivity (Wildman–Crippen MR) is 129 cm³/mol. The lowest BCUT2D eigenvalue weighted by molar-refractivity contribution is -0.166. The summed E-state index contributed by atoms with van der Waals surface area (Å²) in [4.78, 5) is 21.0. The maximum absolute atomic E-state index is 13.4. The average Bonchev–Trinajstić information content (AvgIpc) is 2.89. The molecule has 0 amide bonds. The Morgan fingerprint density at radius 1 is 0.865 bits per heavy atom. The van der Waals surface area contributed by atoms with Crippen LogP contribution >= 0.6 is 0 Å². The van der Waals surface area contributed by atoms with Crippen molar-refractivity contribution in [2.75, 3.05) is 0 Å². The molecule has 3 aromatic carbocycles. The SMILES string of the molecule is Cc1ccnc(O[C@H](C(=O)O)[C@@](OCc2ccccc2)(c2ccccc2)c2ccc(C(F)(F)F)cc2)n1. The lowest BCUT2D eigenvalue weighted by Crippen LogP contribution is -2.51. The van der Waals surface area contributed by atoms with Crippen LogP contribution in [0, 0.1) is 6.92 Å². The molecular weight excluding hydrogens is 485 g/mol. The number of nitrogens with zero attached hydrogens (tertiary/aromatic N) is 2. The number of hydrogen-bond donors (Lipinski definition) is 1. The van der Waals surface area contributed by atoms with E-state index in [1.165, 1.54) is 18.3 Å². The third-order valence-electron chi connectivity index (χ3n) is 5.74. The topological polar surface area (TPSA) is 81.5 Å². The highest BCUT2D eigenvalue weighted by Crippen LogP contribution is 2.41. The number of hydrogen-bond acceptors (Lipinski definition) is 5. The van der Waals surface area contributed by atoms with Crippen molar-refractivity contribution in [3.05, 3.63) is 125 Å². The van der Waals surface area contributed by atoms with Gasteiger partial charge in [-0.1, -0.05) is 72.8 Å². The van der Waals surface area contributed by atoms with Crippen molar-refractivity contribution in [2.24, 2.45) is 0 Å². The molecule has 0 radical (unpaired) electrons. The summed E-state index contributed by atoms with van der Waals surface area (Å²) in [5, 5.41) is 10.4. The Hall–Kier alpha value is -4.24. The molecule has 0 aliphatic heterocycles. The van der Waals surface area contributed by atoms with Crippen LogP contribution in [0.2, 0.25) is 0 Å². The Balaban J connectivity index is 1.92. The Kier molecular flexibility index (Phi) is 7.54. The van der Waals surface area contributed by atoms with Gasteiger partial charge in [-0.15, -0.1) is 0 Å². The van der Waals surface area contributed by atoms with Crippen LogP contribution < -0.4 is 4.74 Å². The Bertz CT molecular complexity index is 1330. The van der Waals surface area contributed by atoms with Gasteiger partial charge in [0.1, 0.15) is 0 Å². The number of aromatic nitrogens is 2. The minimum Gasteiger partial charge on any atom is -0.478 e. The van der Waals surface area contributed by atoms with Gasteiger partial charge in [-0.2, -0.15) is 13.2 Å². The predicted octanol–water partition coefficient (Wildman–Crippen LogP) is 5.80. The Labute approximate surface area is 211 Å². The van der Waals surface area contributed by atoms with Crippen molar-refractivity contribution in [1.82, 2.24) is 9.97 Å². The third-order valence-corrected chi connectivity index (χ3v) is 5.74. The largest absolute Gasteiger partial charge is 0.478 e. The normalized spacial score (nSPS) is 13.9. The second-order valence-corrected chi connectivity index (χ2v) is 8.27. The van der Waals surface area contributed by atoms with Gasteiger partial charge in [0.05, 0.1) is 12.2 Å². The molecule has 190 valence electrons. The second-order valence-electron chi connectivity index (χ2n) is 8.27. The molecule has 0 saturated heterocycles. The molecule has 2 atom stereocenters. The summed E-state index contributed by atoms with van der Waals surface area (Å²) in [6, 6.07) is 23.0. The van der Waals surface area contributed by atoms with Gasteiger partial charge in [0.15, 0.2) is 5.60 Å². The van der Waals surface area contributed by atoms with Crippen LogP contribution in [0.15, 0.2) is 97.2 Å². The monoisotopic (exact) mass is 508 g/mol. The molecule has 0 aliphatic carbocycles. The summed E-state index contributed by atoms with van der Waals surface area (Å²) in [5.74, 6) is -1.41. The fourth-order valence-corrected chi connectivity index (χ4v) is 3.97. The van der Waals surface area contributed by atoms with Gasteiger partial charge in [-0.05, 0) is 41.8 Å². The van der Waals surface area contributed by atoms with Gasteiger partial charge in [0.2, 0.25) is 6.10 Å². The van der Waals surface area contributed by atoms with Crippen LogP contribution in [0.1, 0.15) is 27.9 Å². The molecule has 6 nitrogen and oxygen atoms in total. The highest BCUT2D eigenvalue weighted by molar-refractivity contribution is 5.76. The quantitative estimate of drug-likeness (QED) is 0.308. The number of halogens is 3. The number of carboxylic acids is 1. The Morgan fingerprint density at radius 2 is 1.43 bits per heavy atom. The number of ether oxygens (including phenoxy) is 2. The zero-order valence-electron chi connectivity index (χ0n) is 19.7. The number of carboxylic acid groups (broad SMARTS) is 1. The van der Waals surface area contributed by atoms with E-state index in [9.17, 15) is 23.1 Å². The molecular formula is C28H23F3N2O4. The minimum absolute atomic E-state index is 0.0570. The first-order valence-corrected chi connectivity index (χ1v) is 11.3. The number of aliphatic carboxylic acids is 1. The highest BCUT2D eigenvalue weighted by Gasteiger charge is 2.50. The van der Waals surface area contributed by atoms with Gasteiger partial charge in [0, 0.05) is 11.9 Å².